The van der Waals surface area contributed by atoms with Crippen LogP contribution in [0, 0.1) is 0 Å². The summed E-state index contributed by atoms with van der Waals surface area (Å²) in [6.07, 6.45) is 2.26. The zero-order chi connectivity index (χ0) is 14.7. The Hall–Kier alpha value is -2.83. The summed E-state index contributed by atoms with van der Waals surface area (Å²) in [5, 5.41) is 9.48. The van der Waals surface area contributed by atoms with E-state index in [1.807, 2.05) is 24.3 Å². The van der Waals surface area contributed by atoms with Crippen molar-refractivity contribution in [2.75, 3.05) is 19.0 Å². The van der Waals surface area contributed by atoms with Crippen molar-refractivity contribution in [3.05, 3.63) is 52.7 Å². The molecule has 21 heavy (non-hydrogen) atoms. The van der Waals surface area contributed by atoms with Crippen molar-refractivity contribution in [3.8, 4) is 5.75 Å². The highest BCUT2D eigenvalue weighted by molar-refractivity contribution is 5.48. The minimum Gasteiger partial charge on any atom is -0.496 e. The Kier molecular flexibility index (Phi) is 3.55. The Morgan fingerprint density at radius 3 is 3.10 bits per heavy atom. The molecule has 0 aliphatic carbocycles. The maximum Gasteiger partial charge on any atom is 0.348 e. The summed E-state index contributed by atoms with van der Waals surface area (Å²) >= 11 is 0. The third kappa shape index (κ3) is 2.71. The Morgan fingerprint density at radius 1 is 1.38 bits per heavy atom. The van der Waals surface area contributed by atoms with Crippen LogP contribution in [0.5, 0.6) is 5.75 Å². The lowest BCUT2D eigenvalue weighted by Gasteiger charge is -2.09. The van der Waals surface area contributed by atoms with Gasteiger partial charge >= 0.3 is 5.69 Å². The molecule has 108 valence electrons. The van der Waals surface area contributed by atoms with Crippen LogP contribution in [0.1, 0.15) is 5.56 Å². The van der Waals surface area contributed by atoms with Crippen molar-refractivity contribution >= 4 is 11.5 Å². The number of hydrogen-bond donors (Lipinski definition) is 2. The lowest BCUT2D eigenvalue weighted by atomic mass is 10.1. The molecule has 0 aliphatic heterocycles. The van der Waals surface area contributed by atoms with Crippen LogP contribution < -0.4 is 15.7 Å². The van der Waals surface area contributed by atoms with Crippen LogP contribution in [0.3, 0.4) is 0 Å². The first-order valence-corrected chi connectivity index (χ1v) is 6.56. The number of nitrogens with zero attached hydrogens (tertiary/aromatic N) is 3. The fourth-order valence-electron chi connectivity index (χ4n) is 2.14. The SMILES string of the molecule is COc1ccccc1CCNc1cc2n[nH]c(=O)n2cn1. The van der Waals surface area contributed by atoms with Gasteiger partial charge in [0.1, 0.15) is 17.9 Å². The molecule has 0 bridgehead atoms. The van der Waals surface area contributed by atoms with Crippen LogP contribution in [0.4, 0.5) is 5.82 Å². The lowest BCUT2D eigenvalue weighted by Crippen LogP contribution is -2.11. The quantitative estimate of drug-likeness (QED) is 0.733. The van der Waals surface area contributed by atoms with E-state index in [-0.39, 0.29) is 5.69 Å². The monoisotopic (exact) mass is 285 g/mol. The normalized spacial score (nSPS) is 10.7. The summed E-state index contributed by atoms with van der Waals surface area (Å²) in [5.74, 6) is 1.55. The number of fused-ring (bicyclic) bond motifs is 1. The predicted octanol–water partition coefficient (Wildman–Crippen LogP) is 1.08. The molecular weight excluding hydrogens is 270 g/mol. The number of hydrogen-bond acceptors (Lipinski definition) is 5. The molecule has 0 saturated heterocycles. The van der Waals surface area contributed by atoms with Crippen LogP contribution in [-0.4, -0.2) is 33.2 Å². The highest BCUT2D eigenvalue weighted by Crippen LogP contribution is 2.17. The second-order valence-electron chi connectivity index (χ2n) is 4.52. The van der Waals surface area contributed by atoms with Gasteiger partial charge in [-0.25, -0.2) is 19.3 Å². The summed E-state index contributed by atoms with van der Waals surface area (Å²) in [5.41, 5.74) is 1.37. The molecule has 1 aromatic carbocycles. The summed E-state index contributed by atoms with van der Waals surface area (Å²) in [7, 11) is 1.66. The Balaban J connectivity index is 1.67. The lowest BCUT2D eigenvalue weighted by molar-refractivity contribution is 0.410. The van der Waals surface area contributed by atoms with E-state index in [1.54, 1.807) is 13.2 Å². The highest BCUT2D eigenvalue weighted by Gasteiger charge is 2.04. The van der Waals surface area contributed by atoms with Crippen LogP contribution in [0.25, 0.3) is 5.65 Å². The fourth-order valence-corrected chi connectivity index (χ4v) is 2.14. The molecule has 0 aliphatic rings. The van der Waals surface area contributed by atoms with E-state index < -0.39 is 0 Å². The molecular formula is C14H15N5O2. The average molecular weight is 285 g/mol. The second-order valence-corrected chi connectivity index (χ2v) is 4.52. The number of para-hydroxylation sites is 1. The number of ether oxygens (including phenoxy) is 1. The molecule has 2 heterocycles. The number of aromatic amines is 1. The van der Waals surface area contributed by atoms with Crippen LogP contribution in [0.2, 0.25) is 0 Å². The molecule has 0 fully saturated rings. The van der Waals surface area contributed by atoms with Gasteiger partial charge in [0, 0.05) is 12.6 Å². The van der Waals surface area contributed by atoms with Crippen LogP contribution in [0.15, 0.2) is 41.5 Å². The molecule has 3 aromatic rings. The third-order valence-electron chi connectivity index (χ3n) is 3.20. The summed E-state index contributed by atoms with van der Waals surface area (Å²) in [6.45, 7) is 0.707. The molecule has 7 heteroatoms. The van der Waals surface area contributed by atoms with E-state index in [4.69, 9.17) is 4.74 Å². The van der Waals surface area contributed by atoms with Gasteiger partial charge in [0.05, 0.1) is 7.11 Å². The smallest absolute Gasteiger partial charge is 0.348 e. The Bertz CT molecular complexity index is 808. The zero-order valence-electron chi connectivity index (χ0n) is 11.5. The molecule has 0 radical (unpaired) electrons. The van der Waals surface area contributed by atoms with Crippen LogP contribution >= 0.6 is 0 Å². The second kappa shape index (κ2) is 5.66. The fraction of sp³-hybridized carbons (Fsp3) is 0.214. The van der Waals surface area contributed by atoms with Gasteiger partial charge < -0.3 is 10.1 Å². The van der Waals surface area contributed by atoms with E-state index in [0.29, 0.717) is 18.0 Å². The number of rotatable bonds is 5. The summed E-state index contributed by atoms with van der Waals surface area (Å²) < 4.78 is 6.67. The van der Waals surface area contributed by atoms with E-state index in [0.717, 1.165) is 17.7 Å². The first-order chi connectivity index (χ1) is 10.3. The van der Waals surface area contributed by atoms with Gasteiger partial charge in [-0.2, -0.15) is 5.10 Å². The van der Waals surface area contributed by atoms with Gasteiger partial charge in [-0.1, -0.05) is 18.2 Å². The summed E-state index contributed by atoms with van der Waals surface area (Å²) in [6, 6.07) is 9.62. The number of anilines is 1. The molecule has 7 nitrogen and oxygen atoms in total. The number of H-pyrrole nitrogens is 1. The van der Waals surface area contributed by atoms with Gasteiger partial charge in [0.25, 0.3) is 0 Å². The highest BCUT2D eigenvalue weighted by atomic mass is 16.5. The van der Waals surface area contributed by atoms with E-state index in [9.17, 15) is 4.79 Å². The Labute approximate surface area is 120 Å². The number of benzene rings is 1. The predicted molar refractivity (Wildman–Crippen MR) is 78.8 cm³/mol. The molecule has 0 amide bonds. The Morgan fingerprint density at radius 2 is 2.24 bits per heavy atom. The van der Waals surface area contributed by atoms with Gasteiger partial charge in [-0.05, 0) is 18.1 Å². The van der Waals surface area contributed by atoms with E-state index >= 15 is 0 Å². The number of aromatic nitrogens is 4. The minimum absolute atomic E-state index is 0.293. The van der Waals surface area contributed by atoms with Gasteiger partial charge in [0.15, 0.2) is 5.65 Å². The van der Waals surface area contributed by atoms with E-state index in [1.165, 1.54) is 10.7 Å². The molecule has 2 N–H and O–H groups in total. The average Bonchev–Trinajstić information content (AvgIpc) is 2.89. The van der Waals surface area contributed by atoms with Crippen molar-refractivity contribution in [1.29, 1.82) is 0 Å². The zero-order valence-corrected chi connectivity index (χ0v) is 11.5. The summed E-state index contributed by atoms with van der Waals surface area (Å²) in [4.78, 5) is 15.5. The largest absolute Gasteiger partial charge is 0.496 e. The van der Waals surface area contributed by atoms with Crippen molar-refractivity contribution in [2.45, 2.75) is 6.42 Å². The number of nitrogens with one attached hydrogen (secondary N) is 2. The molecule has 0 atom stereocenters. The van der Waals surface area contributed by atoms with Crippen molar-refractivity contribution in [1.82, 2.24) is 19.6 Å². The van der Waals surface area contributed by atoms with Gasteiger partial charge in [-0.15, -0.1) is 0 Å². The van der Waals surface area contributed by atoms with Crippen molar-refractivity contribution in [2.24, 2.45) is 0 Å². The molecule has 0 unspecified atom stereocenters. The standard InChI is InChI=1S/C14H15N5O2/c1-21-11-5-3-2-4-10(11)6-7-15-12-8-13-17-18-14(20)19(13)9-16-12/h2-5,8-9,15H,6-7H2,1H3,(H,18,20). The third-order valence-corrected chi connectivity index (χ3v) is 3.20. The van der Waals surface area contributed by atoms with Gasteiger partial charge in [0.2, 0.25) is 0 Å². The maximum atomic E-state index is 11.3. The van der Waals surface area contributed by atoms with Crippen molar-refractivity contribution < 1.29 is 4.74 Å². The molecule has 0 spiro atoms. The minimum atomic E-state index is -0.293. The van der Waals surface area contributed by atoms with Crippen LogP contribution in [-0.2, 0) is 6.42 Å². The van der Waals surface area contributed by atoms with Gasteiger partial charge in [-0.3, -0.25) is 0 Å². The topological polar surface area (TPSA) is 84.3 Å². The molecule has 3 rings (SSSR count). The van der Waals surface area contributed by atoms with Crippen molar-refractivity contribution in [3.63, 3.8) is 0 Å². The first kappa shape index (κ1) is 13.2. The molecule has 0 saturated carbocycles. The van der Waals surface area contributed by atoms with E-state index in [2.05, 4.69) is 20.5 Å². The maximum absolute atomic E-state index is 11.3. The first-order valence-electron chi connectivity index (χ1n) is 6.56. The number of methoxy groups -OCH3 is 1. The molecule has 2 aromatic heterocycles.